The minimum absolute atomic E-state index is 0.0183. The Morgan fingerprint density at radius 1 is 1.26 bits per heavy atom. The first-order valence-corrected chi connectivity index (χ1v) is 10.6. The fraction of sp³-hybridized carbons (Fsp3) is 0.409. The Morgan fingerprint density at radius 3 is 2.94 bits per heavy atom. The van der Waals surface area contributed by atoms with Gasteiger partial charge in [-0.05, 0) is 24.6 Å². The summed E-state index contributed by atoms with van der Waals surface area (Å²) in [6, 6.07) is 5.00. The van der Waals surface area contributed by atoms with Crippen molar-refractivity contribution >= 4 is 29.2 Å². The molecule has 1 aromatic heterocycles. The maximum atomic E-state index is 12.7. The summed E-state index contributed by atoms with van der Waals surface area (Å²) in [5.74, 6) is 0.127. The van der Waals surface area contributed by atoms with E-state index in [0.717, 1.165) is 5.69 Å². The average molecular weight is 443 g/mol. The number of rotatable bonds is 5. The minimum Gasteiger partial charge on any atom is -0.486 e. The van der Waals surface area contributed by atoms with Gasteiger partial charge in [-0.1, -0.05) is 11.6 Å². The fourth-order valence-electron chi connectivity index (χ4n) is 4.01. The Hall–Kier alpha value is -3.00. The van der Waals surface area contributed by atoms with E-state index in [2.05, 4.69) is 15.3 Å². The summed E-state index contributed by atoms with van der Waals surface area (Å²) < 4.78 is 6.21. The number of hydrogen-bond donors (Lipinski definition) is 1. The smallest absolute Gasteiger partial charge is 0.239 e. The number of carbonyl (C=O) groups is 3. The van der Waals surface area contributed by atoms with Gasteiger partial charge in [0.05, 0.1) is 24.2 Å². The molecule has 4 rings (SSSR count). The van der Waals surface area contributed by atoms with Crippen molar-refractivity contribution in [2.45, 2.75) is 37.7 Å². The summed E-state index contributed by atoms with van der Waals surface area (Å²) in [6.07, 6.45) is 6.77. The second-order valence-electron chi connectivity index (χ2n) is 7.89. The van der Waals surface area contributed by atoms with E-state index in [0.29, 0.717) is 48.7 Å². The van der Waals surface area contributed by atoms with Crippen LogP contribution in [0.15, 0.2) is 36.8 Å². The molecule has 9 heteroatoms. The van der Waals surface area contributed by atoms with Gasteiger partial charge in [0.1, 0.15) is 11.4 Å². The van der Waals surface area contributed by atoms with E-state index in [1.807, 2.05) is 0 Å². The summed E-state index contributed by atoms with van der Waals surface area (Å²) in [5.41, 5.74) is 0.537. The molecule has 2 amide bonds. The molecule has 31 heavy (non-hydrogen) atoms. The Balaban J connectivity index is 1.34. The number of Topliss-reactive ketones (excluding diaryl/α,β-unsaturated/α-hetero) is 1. The number of benzene rings is 1. The van der Waals surface area contributed by atoms with Crippen LogP contribution in [0.25, 0.3) is 0 Å². The summed E-state index contributed by atoms with van der Waals surface area (Å²) in [4.78, 5) is 47.3. The molecule has 1 saturated heterocycles. The highest BCUT2D eigenvalue weighted by molar-refractivity contribution is 6.31. The van der Waals surface area contributed by atoms with Crippen LogP contribution in [0, 0.1) is 0 Å². The van der Waals surface area contributed by atoms with Crippen molar-refractivity contribution in [3.05, 3.63) is 53.1 Å². The monoisotopic (exact) mass is 442 g/mol. The number of halogens is 1. The lowest BCUT2D eigenvalue weighted by Gasteiger charge is -2.37. The van der Waals surface area contributed by atoms with Gasteiger partial charge >= 0.3 is 0 Å². The summed E-state index contributed by atoms with van der Waals surface area (Å²) in [5, 5.41) is 3.30. The van der Waals surface area contributed by atoms with Gasteiger partial charge < -0.3 is 15.0 Å². The zero-order chi connectivity index (χ0) is 21.8. The molecule has 8 nitrogen and oxygen atoms in total. The molecule has 1 atom stereocenters. The third kappa shape index (κ3) is 5.02. The van der Waals surface area contributed by atoms with Crippen molar-refractivity contribution in [2.75, 3.05) is 19.6 Å². The number of amides is 2. The molecule has 0 aliphatic carbocycles. The molecule has 1 spiro atoms. The van der Waals surface area contributed by atoms with Gasteiger partial charge in [0.15, 0.2) is 5.78 Å². The van der Waals surface area contributed by atoms with E-state index in [1.165, 1.54) is 4.90 Å². The normalized spacial score (nSPS) is 20.7. The van der Waals surface area contributed by atoms with Crippen LogP contribution < -0.4 is 10.1 Å². The van der Waals surface area contributed by atoms with Crippen molar-refractivity contribution in [3.63, 3.8) is 0 Å². The van der Waals surface area contributed by atoms with Crippen molar-refractivity contribution in [2.24, 2.45) is 0 Å². The number of fused-ring (bicyclic) bond motifs is 1. The standard InChI is InChI=1S/C22H23ClN4O4/c23-15-1-2-19-17(11-15)18(28)12-22(31-19)5-3-21(30)27(10-6-22)14-20(29)26-7-4-16-13-24-8-9-25-16/h1-2,8-9,11,13H,3-7,10,12,14H2,(H,26,29)/t22-/m0/s1. The van der Waals surface area contributed by atoms with E-state index in [1.54, 1.807) is 36.8 Å². The quantitative estimate of drug-likeness (QED) is 0.761. The van der Waals surface area contributed by atoms with Gasteiger partial charge in [-0.3, -0.25) is 24.4 Å². The van der Waals surface area contributed by atoms with Gasteiger partial charge in [0, 0.05) is 56.0 Å². The van der Waals surface area contributed by atoms with E-state index >= 15 is 0 Å². The summed E-state index contributed by atoms with van der Waals surface area (Å²) in [6.45, 7) is 0.753. The van der Waals surface area contributed by atoms with Crippen molar-refractivity contribution < 1.29 is 19.1 Å². The molecule has 0 saturated carbocycles. The minimum atomic E-state index is -0.731. The highest BCUT2D eigenvalue weighted by Crippen LogP contribution is 2.40. The van der Waals surface area contributed by atoms with Crippen molar-refractivity contribution in [1.29, 1.82) is 0 Å². The first-order valence-electron chi connectivity index (χ1n) is 10.3. The molecule has 162 valence electrons. The van der Waals surface area contributed by atoms with Crippen LogP contribution in [-0.2, 0) is 16.0 Å². The largest absolute Gasteiger partial charge is 0.486 e. The molecular weight excluding hydrogens is 420 g/mol. The van der Waals surface area contributed by atoms with Crippen molar-refractivity contribution in [1.82, 2.24) is 20.2 Å². The van der Waals surface area contributed by atoms with E-state index in [4.69, 9.17) is 16.3 Å². The van der Waals surface area contributed by atoms with Crippen LogP contribution in [-0.4, -0.2) is 57.7 Å². The molecule has 2 aliphatic rings. The third-order valence-corrected chi connectivity index (χ3v) is 5.93. The maximum absolute atomic E-state index is 12.7. The number of hydrogen-bond acceptors (Lipinski definition) is 6. The Labute approximate surface area is 185 Å². The molecule has 2 aliphatic heterocycles. The lowest BCUT2D eigenvalue weighted by Crippen LogP contribution is -2.44. The van der Waals surface area contributed by atoms with Crippen LogP contribution in [0.5, 0.6) is 5.75 Å². The third-order valence-electron chi connectivity index (χ3n) is 5.69. The molecule has 0 unspecified atom stereocenters. The summed E-state index contributed by atoms with van der Waals surface area (Å²) in [7, 11) is 0. The number of nitrogens with one attached hydrogen (secondary N) is 1. The highest BCUT2D eigenvalue weighted by Gasteiger charge is 2.43. The average Bonchev–Trinajstić information content (AvgIpc) is 2.90. The number of likely N-dealkylation sites (tertiary alicyclic amines) is 1. The lowest BCUT2D eigenvalue weighted by atomic mass is 9.84. The molecule has 0 bridgehead atoms. The Morgan fingerprint density at radius 2 is 2.13 bits per heavy atom. The number of aromatic nitrogens is 2. The number of ether oxygens (including phenoxy) is 1. The van der Waals surface area contributed by atoms with E-state index in [-0.39, 0.29) is 37.0 Å². The zero-order valence-corrected chi connectivity index (χ0v) is 17.7. The predicted molar refractivity (Wildman–Crippen MR) is 113 cm³/mol. The maximum Gasteiger partial charge on any atom is 0.239 e. The van der Waals surface area contributed by atoms with Crippen LogP contribution in [0.2, 0.25) is 5.02 Å². The fourth-order valence-corrected chi connectivity index (χ4v) is 4.18. The van der Waals surface area contributed by atoms with Crippen LogP contribution in [0.4, 0.5) is 0 Å². The highest BCUT2D eigenvalue weighted by atomic mass is 35.5. The first kappa shape index (κ1) is 21.2. The lowest BCUT2D eigenvalue weighted by molar-refractivity contribution is -0.135. The number of ketones is 1. The van der Waals surface area contributed by atoms with Gasteiger partial charge in [0.2, 0.25) is 11.8 Å². The zero-order valence-electron chi connectivity index (χ0n) is 17.0. The van der Waals surface area contributed by atoms with Crippen LogP contribution >= 0.6 is 11.6 Å². The Bertz CT molecular complexity index is 1000. The number of carbonyl (C=O) groups excluding carboxylic acids is 3. The molecule has 1 fully saturated rings. The van der Waals surface area contributed by atoms with Crippen LogP contribution in [0.1, 0.15) is 41.7 Å². The van der Waals surface area contributed by atoms with Crippen LogP contribution in [0.3, 0.4) is 0 Å². The van der Waals surface area contributed by atoms with Gasteiger partial charge in [0.25, 0.3) is 0 Å². The second-order valence-corrected chi connectivity index (χ2v) is 8.32. The first-order chi connectivity index (χ1) is 14.9. The second kappa shape index (κ2) is 9.01. The van der Waals surface area contributed by atoms with Gasteiger partial charge in [-0.2, -0.15) is 0 Å². The van der Waals surface area contributed by atoms with Gasteiger partial charge in [-0.25, -0.2) is 0 Å². The molecule has 0 radical (unpaired) electrons. The predicted octanol–water partition coefficient (Wildman–Crippen LogP) is 2.21. The molecular formula is C22H23ClN4O4. The number of nitrogens with zero attached hydrogens (tertiary/aromatic N) is 3. The van der Waals surface area contributed by atoms with Gasteiger partial charge in [-0.15, -0.1) is 0 Å². The summed E-state index contributed by atoms with van der Waals surface area (Å²) >= 11 is 6.00. The van der Waals surface area contributed by atoms with E-state index < -0.39 is 5.60 Å². The Kier molecular flexibility index (Phi) is 6.18. The van der Waals surface area contributed by atoms with Crippen molar-refractivity contribution in [3.8, 4) is 5.75 Å². The molecule has 3 heterocycles. The molecule has 2 aromatic rings. The molecule has 1 aromatic carbocycles. The topological polar surface area (TPSA) is 101 Å². The van der Waals surface area contributed by atoms with E-state index in [9.17, 15) is 14.4 Å². The molecule has 1 N–H and O–H groups in total. The SMILES string of the molecule is O=C(CN1CC[C@@]2(CCC1=O)CC(=O)c1cc(Cl)ccc1O2)NCCc1cnccn1.